The number of fused-ring (bicyclic) bond motifs is 1. The molecule has 2 atom stereocenters. The topological polar surface area (TPSA) is 65.5 Å². The van der Waals surface area contributed by atoms with Gasteiger partial charge in [0, 0.05) is 62.0 Å². The molecular formula is C21H26N4O2. The van der Waals surface area contributed by atoms with Crippen molar-refractivity contribution >= 4 is 10.9 Å². The van der Waals surface area contributed by atoms with Gasteiger partial charge >= 0.3 is 0 Å². The summed E-state index contributed by atoms with van der Waals surface area (Å²) in [4.78, 5) is 6.65. The van der Waals surface area contributed by atoms with Gasteiger partial charge in [-0.3, -0.25) is 9.88 Å². The number of hydrogen-bond acceptors (Lipinski definition) is 5. The maximum atomic E-state index is 6.56. The van der Waals surface area contributed by atoms with Crippen molar-refractivity contribution in [2.24, 2.45) is 12.8 Å². The highest BCUT2D eigenvalue weighted by Gasteiger charge is 2.33. The van der Waals surface area contributed by atoms with Gasteiger partial charge in [-0.1, -0.05) is 12.1 Å². The summed E-state index contributed by atoms with van der Waals surface area (Å²) in [5, 5.41) is 1.24. The number of rotatable bonds is 5. The maximum Gasteiger partial charge on any atom is 0.165 e. The molecule has 0 radical (unpaired) electrons. The Hall–Kier alpha value is -2.57. The first-order chi connectivity index (χ1) is 13.1. The van der Waals surface area contributed by atoms with Gasteiger partial charge < -0.3 is 19.8 Å². The van der Waals surface area contributed by atoms with Crippen LogP contribution < -0.4 is 15.2 Å². The van der Waals surface area contributed by atoms with Crippen LogP contribution in [0.3, 0.4) is 0 Å². The van der Waals surface area contributed by atoms with Gasteiger partial charge in [-0.2, -0.15) is 0 Å². The van der Waals surface area contributed by atoms with Crippen molar-refractivity contribution in [3.8, 4) is 11.5 Å². The molecule has 0 saturated carbocycles. The lowest BCUT2D eigenvalue weighted by atomic mass is 9.95. The number of benzene rings is 1. The first-order valence-corrected chi connectivity index (χ1v) is 9.19. The SMILES string of the molecule is COc1cccc(CN2C[C@@H](N)[C@H](c3cn(C)c4cnccc34)C2)c1OC. The Kier molecular flexibility index (Phi) is 4.76. The Morgan fingerprint density at radius 2 is 2.04 bits per heavy atom. The number of nitrogens with zero attached hydrogens (tertiary/aromatic N) is 3. The molecule has 1 aromatic carbocycles. The number of pyridine rings is 1. The largest absolute Gasteiger partial charge is 0.493 e. The highest BCUT2D eigenvalue weighted by atomic mass is 16.5. The lowest BCUT2D eigenvalue weighted by Gasteiger charge is -2.19. The fraction of sp³-hybridized carbons (Fsp3) is 0.381. The highest BCUT2D eigenvalue weighted by molar-refractivity contribution is 5.83. The zero-order valence-electron chi connectivity index (χ0n) is 16.1. The molecule has 2 aromatic heterocycles. The Balaban J connectivity index is 1.59. The summed E-state index contributed by atoms with van der Waals surface area (Å²) in [5.74, 6) is 1.86. The van der Waals surface area contributed by atoms with Crippen molar-refractivity contribution < 1.29 is 9.47 Å². The van der Waals surface area contributed by atoms with Crippen LogP contribution in [0.15, 0.2) is 42.9 Å². The number of methoxy groups -OCH3 is 2. The van der Waals surface area contributed by atoms with E-state index in [0.29, 0.717) is 5.92 Å². The minimum absolute atomic E-state index is 0.0976. The molecule has 1 fully saturated rings. The van der Waals surface area contributed by atoms with Gasteiger partial charge in [0.1, 0.15) is 0 Å². The molecule has 0 spiro atoms. The third-order valence-electron chi connectivity index (χ3n) is 5.54. The quantitative estimate of drug-likeness (QED) is 0.752. The number of ether oxygens (including phenoxy) is 2. The van der Waals surface area contributed by atoms with Gasteiger partial charge in [0.15, 0.2) is 11.5 Å². The van der Waals surface area contributed by atoms with E-state index in [9.17, 15) is 0 Å². The second-order valence-corrected chi connectivity index (χ2v) is 7.21. The summed E-state index contributed by atoms with van der Waals surface area (Å²) in [5.41, 5.74) is 10.1. The second-order valence-electron chi connectivity index (χ2n) is 7.21. The number of para-hydroxylation sites is 1. The molecule has 3 aromatic rings. The van der Waals surface area contributed by atoms with E-state index < -0.39 is 0 Å². The number of hydrogen-bond donors (Lipinski definition) is 1. The molecule has 1 aliphatic rings. The molecule has 0 amide bonds. The van der Waals surface area contributed by atoms with Crippen LogP contribution >= 0.6 is 0 Å². The van der Waals surface area contributed by atoms with E-state index in [4.69, 9.17) is 15.2 Å². The summed E-state index contributed by atoms with van der Waals surface area (Å²) in [7, 11) is 5.41. The van der Waals surface area contributed by atoms with Crippen LogP contribution in [-0.4, -0.2) is 47.8 Å². The van der Waals surface area contributed by atoms with E-state index in [0.717, 1.165) is 42.2 Å². The molecule has 1 saturated heterocycles. The summed E-state index contributed by atoms with van der Waals surface area (Å²) in [6, 6.07) is 8.20. The van der Waals surface area contributed by atoms with Crippen LogP contribution in [0, 0.1) is 0 Å². The number of likely N-dealkylation sites (tertiary alicyclic amines) is 1. The molecule has 3 heterocycles. The molecule has 1 aliphatic heterocycles. The Labute approximate surface area is 159 Å². The van der Waals surface area contributed by atoms with Gasteiger partial charge in [-0.05, 0) is 17.7 Å². The molecular weight excluding hydrogens is 340 g/mol. The van der Waals surface area contributed by atoms with Gasteiger partial charge in [0.2, 0.25) is 0 Å². The molecule has 0 bridgehead atoms. The molecule has 2 N–H and O–H groups in total. The summed E-state index contributed by atoms with van der Waals surface area (Å²) in [6.07, 6.45) is 5.97. The van der Waals surface area contributed by atoms with Crippen LogP contribution in [0.25, 0.3) is 10.9 Å². The average molecular weight is 366 g/mol. The molecule has 6 nitrogen and oxygen atoms in total. The van der Waals surface area contributed by atoms with E-state index in [2.05, 4.69) is 39.8 Å². The van der Waals surface area contributed by atoms with E-state index in [1.165, 1.54) is 10.9 Å². The molecule has 4 rings (SSSR count). The van der Waals surface area contributed by atoms with Gasteiger partial charge in [-0.15, -0.1) is 0 Å². The number of aromatic nitrogens is 2. The van der Waals surface area contributed by atoms with Crippen molar-refractivity contribution in [2.45, 2.75) is 18.5 Å². The monoisotopic (exact) mass is 366 g/mol. The van der Waals surface area contributed by atoms with Crippen LogP contribution in [-0.2, 0) is 13.6 Å². The van der Waals surface area contributed by atoms with E-state index in [1.54, 1.807) is 14.2 Å². The minimum Gasteiger partial charge on any atom is -0.493 e. The van der Waals surface area contributed by atoms with Crippen molar-refractivity contribution in [3.05, 3.63) is 54.0 Å². The van der Waals surface area contributed by atoms with E-state index in [1.807, 2.05) is 24.5 Å². The smallest absolute Gasteiger partial charge is 0.165 e. The molecule has 0 aliphatic carbocycles. The number of nitrogens with two attached hydrogens (primary N) is 1. The second kappa shape index (κ2) is 7.21. The Morgan fingerprint density at radius 1 is 1.19 bits per heavy atom. The predicted octanol–water partition coefficient (Wildman–Crippen LogP) is 2.52. The molecule has 27 heavy (non-hydrogen) atoms. The highest BCUT2D eigenvalue weighted by Crippen LogP contribution is 2.36. The van der Waals surface area contributed by atoms with Crippen LogP contribution in [0.4, 0.5) is 0 Å². The Bertz CT molecular complexity index is 953. The lowest BCUT2D eigenvalue weighted by molar-refractivity contribution is 0.307. The van der Waals surface area contributed by atoms with Crippen molar-refractivity contribution in [1.82, 2.24) is 14.5 Å². The standard InChI is InChI=1S/C21H26N4O2/c1-24-11-16(15-7-8-23-9-19(15)24)17-12-25(13-18(17)22)10-14-5-4-6-20(26-2)21(14)27-3/h4-9,11,17-18H,10,12-13,22H2,1-3H3/t17-,18+/m0/s1. The Morgan fingerprint density at radius 3 is 2.81 bits per heavy atom. The zero-order chi connectivity index (χ0) is 19.0. The van der Waals surface area contributed by atoms with E-state index in [-0.39, 0.29) is 6.04 Å². The molecule has 0 unspecified atom stereocenters. The predicted molar refractivity (Wildman–Crippen MR) is 106 cm³/mol. The van der Waals surface area contributed by atoms with Crippen molar-refractivity contribution in [2.75, 3.05) is 27.3 Å². The van der Waals surface area contributed by atoms with Gasteiger partial charge in [0.25, 0.3) is 0 Å². The fourth-order valence-corrected chi connectivity index (χ4v) is 4.25. The van der Waals surface area contributed by atoms with Gasteiger partial charge in [0.05, 0.1) is 25.9 Å². The number of aryl methyl sites for hydroxylation is 1. The maximum absolute atomic E-state index is 6.56. The summed E-state index contributed by atoms with van der Waals surface area (Å²) >= 11 is 0. The first kappa shape index (κ1) is 17.8. The van der Waals surface area contributed by atoms with Crippen molar-refractivity contribution in [3.63, 3.8) is 0 Å². The molecule has 6 heteroatoms. The van der Waals surface area contributed by atoms with Crippen LogP contribution in [0.5, 0.6) is 11.5 Å². The summed E-state index contributed by atoms with van der Waals surface area (Å²) in [6.45, 7) is 2.56. The van der Waals surface area contributed by atoms with Crippen LogP contribution in [0.1, 0.15) is 17.0 Å². The normalized spacial score (nSPS) is 20.3. The summed E-state index contributed by atoms with van der Waals surface area (Å²) < 4.78 is 13.1. The molecule has 142 valence electrons. The zero-order valence-corrected chi connectivity index (χ0v) is 16.1. The average Bonchev–Trinajstić information content (AvgIpc) is 3.21. The van der Waals surface area contributed by atoms with Crippen molar-refractivity contribution in [1.29, 1.82) is 0 Å². The van der Waals surface area contributed by atoms with Crippen LogP contribution in [0.2, 0.25) is 0 Å². The van der Waals surface area contributed by atoms with E-state index >= 15 is 0 Å². The fourth-order valence-electron chi connectivity index (χ4n) is 4.25. The minimum atomic E-state index is 0.0976. The third kappa shape index (κ3) is 3.15. The first-order valence-electron chi connectivity index (χ1n) is 9.19. The lowest BCUT2D eigenvalue weighted by Crippen LogP contribution is -2.28. The van der Waals surface area contributed by atoms with Gasteiger partial charge in [-0.25, -0.2) is 0 Å². The third-order valence-corrected chi connectivity index (χ3v) is 5.54.